The van der Waals surface area contributed by atoms with Crippen LogP contribution in [-0.4, -0.2) is 36.6 Å². The largest absolute Gasteiger partial charge is 0.361 e. The number of nitrogens with zero attached hydrogens (tertiary/aromatic N) is 1. The van der Waals surface area contributed by atoms with Gasteiger partial charge in [0.05, 0.1) is 0 Å². The van der Waals surface area contributed by atoms with Crippen molar-refractivity contribution in [3.05, 3.63) is 35.0 Å². The Labute approximate surface area is 108 Å². The van der Waals surface area contributed by atoms with Crippen molar-refractivity contribution in [2.45, 2.75) is 19.9 Å². The van der Waals surface area contributed by atoms with Crippen molar-refractivity contribution in [2.75, 3.05) is 26.7 Å². The number of aryl methyl sites for hydroxylation is 2. The van der Waals surface area contributed by atoms with Crippen LogP contribution < -0.4 is 5.32 Å². The van der Waals surface area contributed by atoms with Gasteiger partial charge in [-0.15, -0.1) is 0 Å². The van der Waals surface area contributed by atoms with Crippen LogP contribution in [-0.2, 0) is 0 Å². The number of nitrogens with one attached hydrogen (secondary N) is 2. The molecular weight excluding hydrogens is 222 g/mol. The summed E-state index contributed by atoms with van der Waals surface area (Å²) < 4.78 is 0. The van der Waals surface area contributed by atoms with E-state index in [-0.39, 0.29) is 0 Å². The highest BCUT2D eigenvalue weighted by atomic mass is 15.2. The fourth-order valence-corrected chi connectivity index (χ4v) is 2.97. The second-order valence-corrected chi connectivity index (χ2v) is 5.46. The second kappa shape index (κ2) is 4.41. The van der Waals surface area contributed by atoms with Crippen LogP contribution >= 0.6 is 0 Å². The molecule has 1 atom stereocenters. The third-order valence-electron chi connectivity index (χ3n) is 4.04. The predicted molar refractivity (Wildman–Crippen MR) is 76.0 cm³/mol. The molecule has 2 heterocycles. The molecule has 96 valence electrons. The standard InChI is InChI=1S/C15H21N3/c1-10-4-5-11(2)15-14(10)12(8-17-15)13-9-18(3)7-6-16-13/h4-5,8,13,16-17H,6-7,9H2,1-3H3. The van der Waals surface area contributed by atoms with Crippen LogP contribution in [0, 0.1) is 13.8 Å². The Hall–Kier alpha value is -1.32. The highest BCUT2D eigenvalue weighted by Crippen LogP contribution is 2.30. The molecule has 3 rings (SSSR count). The van der Waals surface area contributed by atoms with Gasteiger partial charge in [-0.25, -0.2) is 0 Å². The number of H-pyrrole nitrogens is 1. The zero-order chi connectivity index (χ0) is 12.7. The van der Waals surface area contributed by atoms with Crippen LogP contribution in [0.1, 0.15) is 22.7 Å². The summed E-state index contributed by atoms with van der Waals surface area (Å²) in [4.78, 5) is 5.84. The number of fused-ring (bicyclic) bond motifs is 1. The van der Waals surface area contributed by atoms with Gasteiger partial charge in [0.25, 0.3) is 0 Å². The molecule has 0 radical (unpaired) electrons. The first-order valence-electron chi connectivity index (χ1n) is 6.66. The van der Waals surface area contributed by atoms with Crippen LogP contribution in [0.15, 0.2) is 18.3 Å². The summed E-state index contributed by atoms with van der Waals surface area (Å²) in [5.41, 5.74) is 5.39. The first-order chi connectivity index (χ1) is 8.66. The van der Waals surface area contributed by atoms with Gasteiger partial charge in [0.15, 0.2) is 0 Å². The minimum atomic E-state index is 0.443. The van der Waals surface area contributed by atoms with Gasteiger partial charge < -0.3 is 15.2 Å². The average Bonchev–Trinajstić information content (AvgIpc) is 2.80. The maximum atomic E-state index is 3.63. The van der Waals surface area contributed by atoms with Gasteiger partial charge in [-0.05, 0) is 37.6 Å². The van der Waals surface area contributed by atoms with E-state index >= 15 is 0 Å². The van der Waals surface area contributed by atoms with Gasteiger partial charge >= 0.3 is 0 Å². The Morgan fingerprint density at radius 2 is 2.00 bits per heavy atom. The lowest BCUT2D eigenvalue weighted by Crippen LogP contribution is -2.43. The molecule has 1 aliphatic rings. The Morgan fingerprint density at radius 1 is 1.22 bits per heavy atom. The molecule has 1 aromatic heterocycles. The molecule has 2 aromatic rings. The van der Waals surface area contributed by atoms with Crippen molar-refractivity contribution >= 4 is 10.9 Å². The summed E-state index contributed by atoms with van der Waals surface area (Å²) in [6.07, 6.45) is 2.18. The summed E-state index contributed by atoms with van der Waals surface area (Å²) in [5, 5.41) is 5.03. The third-order valence-corrected chi connectivity index (χ3v) is 4.04. The summed E-state index contributed by atoms with van der Waals surface area (Å²) in [6, 6.07) is 4.86. The SMILES string of the molecule is Cc1ccc(C)c2c(C3CN(C)CCN3)c[nH]c12. The van der Waals surface area contributed by atoms with E-state index in [9.17, 15) is 0 Å². The fraction of sp³-hybridized carbons (Fsp3) is 0.467. The number of rotatable bonds is 1. The Balaban J connectivity index is 2.09. The molecule has 18 heavy (non-hydrogen) atoms. The highest BCUT2D eigenvalue weighted by molar-refractivity contribution is 5.89. The Bertz CT molecular complexity index is 570. The Kier molecular flexibility index (Phi) is 2.88. The fourth-order valence-electron chi connectivity index (χ4n) is 2.97. The topological polar surface area (TPSA) is 31.1 Å². The average molecular weight is 243 g/mol. The Morgan fingerprint density at radius 3 is 2.78 bits per heavy atom. The molecule has 1 aliphatic heterocycles. The quantitative estimate of drug-likeness (QED) is 0.805. The number of aromatic nitrogens is 1. The van der Waals surface area contributed by atoms with Gasteiger partial charge in [0.1, 0.15) is 0 Å². The van der Waals surface area contributed by atoms with Crippen molar-refractivity contribution in [1.82, 2.24) is 15.2 Å². The van der Waals surface area contributed by atoms with E-state index in [1.165, 1.54) is 27.6 Å². The van der Waals surface area contributed by atoms with E-state index in [0.717, 1.165) is 19.6 Å². The lowest BCUT2D eigenvalue weighted by molar-refractivity contribution is 0.241. The van der Waals surface area contributed by atoms with Gasteiger partial charge in [0.2, 0.25) is 0 Å². The van der Waals surface area contributed by atoms with Gasteiger partial charge in [-0.3, -0.25) is 0 Å². The second-order valence-electron chi connectivity index (χ2n) is 5.46. The third kappa shape index (κ3) is 1.84. The van der Waals surface area contributed by atoms with Crippen molar-refractivity contribution in [3.8, 4) is 0 Å². The van der Waals surface area contributed by atoms with Crippen LogP contribution in [0.5, 0.6) is 0 Å². The van der Waals surface area contributed by atoms with Crippen LogP contribution in [0.4, 0.5) is 0 Å². The predicted octanol–water partition coefficient (Wildman–Crippen LogP) is 2.36. The zero-order valence-electron chi connectivity index (χ0n) is 11.4. The number of likely N-dealkylation sites (N-methyl/N-ethyl adjacent to an activating group) is 1. The lowest BCUT2D eigenvalue weighted by atomic mass is 9.99. The molecular formula is C15H21N3. The number of benzene rings is 1. The molecule has 2 N–H and O–H groups in total. The molecule has 1 aromatic carbocycles. The van der Waals surface area contributed by atoms with E-state index in [1.807, 2.05) is 0 Å². The summed E-state index contributed by atoms with van der Waals surface area (Å²) in [5.74, 6) is 0. The zero-order valence-corrected chi connectivity index (χ0v) is 11.4. The van der Waals surface area contributed by atoms with Gasteiger partial charge in [-0.1, -0.05) is 12.1 Å². The normalized spacial score (nSPS) is 21.6. The van der Waals surface area contributed by atoms with E-state index in [1.54, 1.807) is 0 Å². The number of piperazine rings is 1. The maximum Gasteiger partial charge on any atom is 0.0489 e. The van der Waals surface area contributed by atoms with Crippen molar-refractivity contribution in [2.24, 2.45) is 0 Å². The molecule has 1 fully saturated rings. The molecule has 0 saturated carbocycles. The van der Waals surface area contributed by atoms with Crippen molar-refractivity contribution in [1.29, 1.82) is 0 Å². The molecule has 3 heteroatoms. The van der Waals surface area contributed by atoms with Crippen molar-refractivity contribution in [3.63, 3.8) is 0 Å². The summed E-state index contributed by atoms with van der Waals surface area (Å²) in [6.45, 7) is 7.66. The number of aromatic amines is 1. The van der Waals surface area contributed by atoms with Crippen LogP contribution in [0.2, 0.25) is 0 Å². The molecule has 1 saturated heterocycles. The smallest absolute Gasteiger partial charge is 0.0489 e. The minimum absolute atomic E-state index is 0.443. The molecule has 0 amide bonds. The molecule has 1 unspecified atom stereocenters. The molecule has 0 bridgehead atoms. The van der Waals surface area contributed by atoms with Crippen LogP contribution in [0.25, 0.3) is 10.9 Å². The van der Waals surface area contributed by atoms with E-state index in [0.29, 0.717) is 6.04 Å². The minimum Gasteiger partial charge on any atom is -0.361 e. The van der Waals surface area contributed by atoms with E-state index in [2.05, 4.69) is 54.4 Å². The maximum absolute atomic E-state index is 3.63. The van der Waals surface area contributed by atoms with E-state index < -0.39 is 0 Å². The van der Waals surface area contributed by atoms with Crippen molar-refractivity contribution < 1.29 is 0 Å². The highest BCUT2D eigenvalue weighted by Gasteiger charge is 2.21. The van der Waals surface area contributed by atoms with Crippen LogP contribution in [0.3, 0.4) is 0 Å². The monoisotopic (exact) mass is 243 g/mol. The molecule has 0 aliphatic carbocycles. The van der Waals surface area contributed by atoms with Gasteiger partial charge in [-0.2, -0.15) is 0 Å². The molecule has 3 nitrogen and oxygen atoms in total. The first kappa shape index (κ1) is 11.8. The number of hydrogen-bond acceptors (Lipinski definition) is 2. The molecule has 0 spiro atoms. The van der Waals surface area contributed by atoms with Gasteiger partial charge in [0, 0.05) is 42.8 Å². The number of hydrogen-bond donors (Lipinski definition) is 2. The van der Waals surface area contributed by atoms with E-state index in [4.69, 9.17) is 0 Å². The summed E-state index contributed by atoms with van der Waals surface area (Å²) >= 11 is 0. The first-order valence-corrected chi connectivity index (χ1v) is 6.66. The summed E-state index contributed by atoms with van der Waals surface area (Å²) in [7, 11) is 2.20. The lowest BCUT2D eigenvalue weighted by Gasteiger charge is -2.31.